The van der Waals surface area contributed by atoms with Crippen LogP contribution in [-0.4, -0.2) is 34.3 Å². The maximum atomic E-state index is 12.7. The fourth-order valence-electron chi connectivity index (χ4n) is 4.29. The summed E-state index contributed by atoms with van der Waals surface area (Å²) in [7, 11) is 0. The third-order valence-corrected chi connectivity index (χ3v) is 5.75. The number of para-hydroxylation sites is 1. The molecule has 1 fully saturated rings. The van der Waals surface area contributed by atoms with Crippen LogP contribution in [0.15, 0.2) is 48.7 Å². The number of anilines is 2. The second kappa shape index (κ2) is 8.24. The quantitative estimate of drug-likeness (QED) is 0.330. The number of aromatic nitrogens is 1. The van der Waals surface area contributed by atoms with E-state index in [4.69, 9.17) is 16.3 Å². The summed E-state index contributed by atoms with van der Waals surface area (Å²) in [4.78, 5) is 15.2. The van der Waals surface area contributed by atoms with Crippen LogP contribution in [0.3, 0.4) is 0 Å². The minimum atomic E-state index is -0.540. The van der Waals surface area contributed by atoms with Crippen LogP contribution in [0, 0.1) is 0 Å². The first kappa shape index (κ1) is 21.2. The van der Waals surface area contributed by atoms with Crippen LogP contribution in [0.5, 0.6) is 0 Å². The molecule has 4 rings (SSSR count). The lowest BCUT2D eigenvalue weighted by Gasteiger charge is -2.19. The van der Waals surface area contributed by atoms with Crippen molar-refractivity contribution in [3.63, 3.8) is 0 Å². The van der Waals surface area contributed by atoms with Gasteiger partial charge >= 0.3 is 6.09 Å². The van der Waals surface area contributed by atoms with Gasteiger partial charge in [0.15, 0.2) is 0 Å². The number of carbonyl (C=O) groups excluding carboxylic acids is 1. The number of benzene rings is 2. The van der Waals surface area contributed by atoms with E-state index >= 15 is 0 Å². The van der Waals surface area contributed by atoms with E-state index < -0.39 is 5.60 Å². The fourth-order valence-corrected chi connectivity index (χ4v) is 4.29. The molecule has 0 spiro atoms. The minimum Gasteiger partial charge on any atom is -0.443 e. The number of likely N-dealkylation sites (tertiary alicyclic amines) is 1. The molecule has 0 radical (unpaired) electrons. The van der Waals surface area contributed by atoms with Crippen LogP contribution in [-0.2, 0) is 11.3 Å². The topological polar surface area (TPSA) is 98.5 Å². The summed E-state index contributed by atoms with van der Waals surface area (Å²) >= 11 is 0. The third kappa shape index (κ3) is 4.52. The summed E-state index contributed by atoms with van der Waals surface area (Å²) in [5.74, 6) is 5.92. The average Bonchev–Trinajstić information content (AvgIpc) is 3.32. The maximum Gasteiger partial charge on any atom is 0.419 e. The van der Waals surface area contributed by atoms with E-state index in [0.29, 0.717) is 11.6 Å². The van der Waals surface area contributed by atoms with Gasteiger partial charge in [-0.05, 0) is 69.0 Å². The molecule has 31 heavy (non-hydrogen) atoms. The Morgan fingerprint density at radius 2 is 2.00 bits per heavy atom. The van der Waals surface area contributed by atoms with Gasteiger partial charge in [0.2, 0.25) is 0 Å². The highest BCUT2D eigenvalue weighted by Crippen LogP contribution is 2.32. The number of ether oxygens (including phenoxy) is 1. The van der Waals surface area contributed by atoms with Gasteiger partial charge in [0.25, 0.3) is 0 Å². The zero-order valence-corrected chi connectivity index (χ0v) is 18.4. The van der Waals surface area contributed by atoms with Gasteiger partial charge in [0.1, 0.15) is 5.60 Å². The smallest absolute Gasteiger partial charge is 0.419 e. The highest BCUT2D eigenvalue weighted by Gasteiger charge is 2.26. The first-order valence-electron chi connectivity index (χ1n) is 10.7. The molecule has 2 heterocycles. The summed E-state index contributed by atoms with van der Waals surface area (Å²) in [5.41, 5.74) is 12.8. The Kier molecular flexibility index (Phi) is 5.64. The van der Waals surface area contributed by atoms with Gasteiger partial charge in [-0.15, -0.1) is 0 Å². The Balaban J connectivity index is 1.53. The molecule has 1 aromatic heterocycles. The number of nitrogens with zero attached hydrogens (tertiary/aromatic N) is 2. The monoisotopic (exact) mass is 421 g/mol. The van der Waals surface area contributed by atoms with Crippen molar-refractivity contribution in [1.29, 1.82) is 0 Å². The molecule has 1 aliphatic heterocycles. The SMILES string of the molecule is CC(C)(C)OC(=O)n1cc(CN2CCC(c3ccc(NN)c(N)c3)C2)c2ccccc21. The number of hydrazine groups is 1. The van der Waals surface area contributed by atoms with Crippen LogP contribution >= 0.6 is 0 Å². The molecular weight excluding hydrogens is 390 g/mol. The summed E-state index contributed by atoms with van der Waals surface area (Å²) < 4.78 is 7.23. The standard InChI is InChI=1S/C24H31N5O2/c1-24(2,3)31-23(30)29-15-18(19-6-4-5-7-22(19)29)14-28-11-10-17(13-28)16-8-9-21(27-26)20(25)12-16/h4-9,12,15,17,27H,10-11,13-14,25-26H2,1-3H3. The number of nitrogens with two attached hydrogens (primary N) is 2. The van der Waals surface area contributed by atoms with E-state index in [-0.39, 0.29) is 6.09 Å². The summed E-state index contributed by atoms with van der Waals surface area (Å²) in [5, 5.41) is 1.08. The molecule has 2 aromatic carbocycles. The van der Waals surface area contributed by atoms with E-state index in [0.717, 1.165) is 48.2 Å². The largest absolute Gasteiger partial charge is 0.443 e. The van der Waals surface area contributed by atoms with E-state index in [1.807, 2.05) is 57.3 Å². The number of rotatable bonds is 4. The molecule has 164 valence electrons. The highest BCUT2D eigenvalue weighted by molar-refractivity contribution is 5.92. The van der Waals surface area contributed by atoms with Gasteiger partial charge in [-0.2, -0.15) is 0 Å². The Morgan fingerprint density at radius 3 is 2.71 bits per heavy atom. The highest BCUT2D eigenvalue weighted by atomic mass is 16.6. The molecule has 3 aromatic rings. The second-order valence-electron chi connectivity index (χ2n) is 9.23. The summed E-state index contributed by atoms with van der Waals surface area (Å²) in [6.45, 7) is 8.36. The normalized spacial score (nSPS) is 17.2. The van der Waals surface area contributed by atoms with Crippen LogP contribution in [0.25, 0.3) is 10.9 Å². The second-order valence-corrected chi connectivity index (χ2v) is 9.23. The average molecular weight is 422 g/mol. The van der Waals surface area contributed by atoms with Crippen LogP contribution in [0.1, 0.15) is 44.2 Å². The van der Waals surface area contributed by atoms with Crippen molar-refractivity contribution in [2.24, 2.45) is 5.84 Å². The molecule has 0 aliphatic carbocycles. The van der Waals surface area contributed by atoms with E-state index in [1.54, 1.807) is 4.57 Å². The Labute approximate surface area is 182 Å². The summed E-state index contributed by atoms with van der Waals surface area (Å²) in [6, 6.07) is 14.0. The molecule has 5 N–H and O–H groups in total. The lowest BCUT2D eigenvalue weighted by Crippen LogP contribution is -2.26. The number of nitrogen functional groups attached to an aromatic ring is 2. The predicted molar refractivity (Wildman–Crippen MR) is 125 cm³/mol. The van der Waals surface area contributed by atoms with E-state index in [9.17, 15) is 4.79 Å². The van der Waals surface area contributed by atoms with Gasteiger partial charge in [0.05, 0.1) is 16.9 Å². The molecule has 1 atom stereocenters. The molecule has 0 amide bonds. The van der Waals surface area contributed by atoms with Crippen molar-refractivity contribution in [3.05, 3.63) is 59.8 Å². The minimum absolute atomic E-state index is 0.349. The summed E-state index contributed by atoms with van der Waals surface area (Å²) in [6.07, 6.45) is 2.64. The van der Waals surface area contributed by atoms with Gasteiger partial charge in [0, 0.05) is 24.7 Å². The van der Waals surface area contributed by atoms with E-state index in [1.165, 1.54) is 5.56 Å². The van der Waals surface area contributed by atoms with Crippen molar-refractivity contribution in [1.82, 2.24) is 9.47 Å². The van der Waals surface area contributed by atoms with Crippen LogP contribution < -0.4 is 17.0 Å². The molecule has 0 bridgehead atoms. The fraction of sp³-hybridized carbons (Fsp3) is 0.375. The Morgan fingerprint density at radius 1 is 1.23 bits per heavy atom. The number of nitrogens with one attached hydrogen (secondary N) is 1. The van der Waals surface area contributed by atoms with Gasteiger partial charge in [-0.3, -0.25) is 15.3 Å². The molecule has 7 nitrogen and oxygen atoms in total. The number of hydrogen-bond acceptors (Lipinski definition) is 6. The van der Waals surface area contributed by atoms with Crippen molar-refractivity contribution in [3.8, 4) is 0 Å². The zero-order chi connectivity index (χ0) is 22.2. The van der Waals surface area contributed by atoms with Crippen molar-refractivity contribution < 1.29 is 9.53 Å². The van der Waals surface area contributed by atoms with Crippen molar-refractivity contribution in [2.75, 3.05) is 24.2 Å². The number of carbonyl (C=O) groups is 1. The zero-order valence-electron chi connectivity index (χ0n) is 18.4. The lowest BCUT2D eigenvalue weighted by molar-refractivity contribution is 0.0544. The lowest BCUT2D eigenvalue weighted by atomic mass is 9.97. The molecule has 1 saturated heterocycles. The number of hydrogen-bond donors (Lipinski definition) is 3. The van der Waals surface area contributed by atoms with Crippen LogP contribution in [0.4, 0.5) is 16.2 Å². The van der Waals surface area contributed by atoms with Gasteiger partial charge < -0.3 is 15.9 Å². The molecule has 1 unspecified atom stereocenters. The van der Waals surface area contributed by atoms with E-state index in [2.05, 4.69) is 22.5 Å². The van der Waals surface area contributed by atoms with Crippen molar-refractivity contribution >= 4 is 28.4 Å². The number of fused-ring (bicyclic) bond motifs is 1. The molecule has 1 aliphatic rings. The Bertz CT molecular complexity index is 1100. The Hall–Kier alpha value is -3.03. The third-order valence-electron chi connectivity index (χ3n) is 5.75. The van der Waals surface area contributed by atoms with Gasteiger partial charge in [-0.1, -0.05) is 24.3 Å². The first-order chi connectivity index (χ1) is 14.7. The molecule has 0 saturated carbocycles. The van der Waals surface area contributed by atoms with Gasteiger partial charge in [-0.25, -0.2) is 4.79 Å². The van der Waals surface area contributed by atoms with Crippen molar-refractivity contribution in [2.45, 2.75) is 45.3 Å². The maximum absolute atomic E-state index is 12.7. The molecule has 7 heteroatoms. The van der Waals surface area contributed by atoms with Crippen LogP contribution in [0.2, 0.25) is 0 Å². The molecular formula is C24H31N5O2. The first-order valence-corrected chi connectivity index (χ1v) is 10.7. The predicted octanol–water partition coefficient (Wildman–Crippen LogP) is 4.28.